The van der Waals surface area contributed by atoms with Gasteiger partial charge in [0.2, 0.25) is 0 Å². The Morgan fingerprint density at radius 1 is 0.317 bits per heavy atom. The molecule has 14 rings (SSSR count). The second-order valence-electron chi connectivity index (χ2n) is 17.1. The van der Waals surface area contributed by atoms with Gasteiger partial charge in [-0.3, -0.25) is 0 Å². The van der Waals surface area contributed by atoms with Crippen molar-refractivity contribution in [1.29, 1.82) is 0 Å². The number of nitrogens with zero attached hydrogens (tertiary/aromatic N) is 1. The lowest BCUT2D eigenvalue weighted by atomic mass is 9.70. The van der Waals surface area contributed by atoms with Crippen LogP contribution >= 0.6 is 11.3 Å². The zero-order chi connectivity index (χ0) is 41.2. The van der Waals surface area contributed by atoms with Gasteiger partial charge in [-0.1, -0.05) is 188 Å². The van der Waals surface area contributed by atoms with Crippen molar-refractivity contribution < 1.29 is 0 Å². The van der Waals surface area contributed by atoms with E-state index in [2.05, 4.69) is 229 Å². The standard InChI is InChI=1S/C61H37NS/c1-2-20-44-42(18-1)43-19-3-4-21-45(43)52-37-40(34-35-46(44)52)62(39-17-13-16-38(36-39)41-26-14-27-50-49-24-8-12-33-58(49)63-60(41)50)57-32-15-31-56-59(57)51-25-7-11-30-55(51)61(56)53-28-9-5-22-47(53)48-23-6-10-29-54(48)61/h1-37H. The molecule has 0 saturated carbocycles. The molecule has 11 aromatic carbocycles. The third-order valence-corrected chi connectivity index (χ3v) is 15.3. The fraction of sp³-hybridized carbons (Fsp3) is 0.0164. The average Bonchev–Trinajstić information content (AvgIpc) is 3.99. The molecule has 63 heavy (non-hydrogen) atoms. The van der Waals surface area contributed by atoms with E-state index in [1.807, 2.05) is 11.3 Å². The van der Waals surface area contributed by atoms with Crippen LogP contribution in [0.15, 0.2) is 224 Å². The molecule has 0 unspecified atom stereocenters. The van der Waals surface area contributed by atoms with E-state index < -0.39 is 5.41 Å². The zero-order valence-electron chi connectivity index (χ0n) is 34.2. The molecule has 1 aromatic heterocycles. The van der Waals surface area contributed by atoms with E-state index >= 15 is 0 Å². The molecule has 0 aliphatic heterocycles. The van der Waals surface area contributed by atoms with Crippen LogP contribution in [0, 0.1) is 0 Å². The van der Waals surface area contributed by atoms with Crippen LogP contribution in [0.1, 0.15) is 22.3 Å². The maximum absolute atomic E-state index is 2.54. The number of benzene rings is 11. The van der Waals surface area contributed by atoms with Gasteiger partial charge < -0.3 is 4.90 Å². The van der Waals surface area contributed by atoms with Gasteiger partial charge in [-0.25, -0.2) is 0 Å². The van der Waals surface area contributed by atoms with Crippen molar-refractivity contribution >= 4 is 80.9 Å². The lowest BCUT2D eigenvalue weighted by molar-refractivity contribution is 0.794. The maximum atomic E-state index is 2.54. The van der Waals surface area contributed by atoms with E-state index in [1.54, 1.807) is 0 Å². The maximum Gasteiger partial charge on any atom is 0.0726 e. The minimum atomic E-state index is -0.446. The fourth-order valence-electron chi connectivity index (χ4n) is 11.6. The number of hydrogen-bond acceptors (Lipinski definition) is 2. The Balaban J connectivity index is 1.07. The van der Waals surface area contributed by atoms with Crippen LogP contribution < -0.4 is 4.90 Å². The van der Waals surface area contributed by atoms with Crippen molar-refractivity contribution in [1.82, 2.24) is 0 Å². The van der Waals surface area contributed by atoms with Crippen LogP contribution in [0.3, 0.4) is 0 Å². The summed E-state index contributed by atoms with van der Waals surface area (Å²) in [6.45, 7) is 0. The number of hydrogen-bond donors (Lipinski definition) is 0. The first-order valence-corrected chi connectivity index (χ1v) is 22.7. The molecule has 2 aliphatic carbocycles. The fourth-order valence-corrected chi connectivity index (χ4v) is 12.8. The van der Waals surface area contributed by atoms with Gasteiger partial charge in [0.05, 0.1) is 11.1 Å². The summed E-state index contributed by atoms with van der Waals surface area (Å²) in [7, 11) is 0. The lowest BCUT2D eigenvalue weighted by Crippen LogP contribution is -2.26. The molecule has 0 radical (unpaired) electrons. The van der Waals surface area contributed by atoms with Crippen LogP contribution in [0.25, 0.3) is 85.9 Å². The average molecular weight is 816 g/mol. The Bertz CT molecular complexity index is 3810. The molecule has 292 valence electrons. The van der Waals surface area contributed by atoms with Gasteiger partial charge in [-0.05, 0) is 119 Å². The summed E-state index contributed by atoms with van der Waals surface area (Å²) in [5.74, 6) is 0. The molecular weight excluding hydrogens is 779 g/mol. The molecule has 12 aromatic rings. The molecule has 0 fully saturated rings. The molecule has 0 N–H and O–H groups in total. The van der Waals surface area contributed by atoms with Crippen molar-refractivity contribution in [2.75, 3.05) is 4.90 Å². The summed E-state index contributed by atoms with van der Waals surface area (Å²) in [6, 6.07) is 84.1. The molecule has 0 bridgehead atoms. The Labute approximate surface area is 369 Å². The smallest absolute Gasteiger partial charge is 0.0726 e. The third kappa shape index (κ3) is 4.71. The SMILES string of the molecule is c1cc(-c2cccc3c2sc2ccccc23)cc(N(c2ccc3c4ccccc4c4ccccc4c3c2)c2cccc3c2-c2ccccc2C32c3ccccc3-c3ccccc32)c1. The third-order valence-electron chi connectivity index (χ3n) is 14.0. The van der Waals surface area contributed by atoms with Crippen LogP contribution in [-0.4, -0.2) is 0 Å². The van der Waals surface area contributed by atoms with Gasteiger partial charge in [0.15, 0.2) is 0 Å². The highest BCUT2D eigenvalue weighted by Gasteiger charge is 2.52. The molecular formula is C61H37NS. The van der Waals surface area contributed by atoms with Crippen LogP contribution in [-0.2, 0) is 5.41 Å². The van der Waals surface area contributed by atoms with E-state index in [9.17, 15) is 0 Å². The quantitative estimate of drug-likeness (QED) is 0.160. The Kier molecular flexibility index (Phi) is 7.26. The molecule has 1 heterocycles. The highest BCUT2D eigenvalue weighted by Crippen LogP contribution is 2.64. The largest absolute Gasteiger partial charge is 0.310 e. The molecule has 0 saturated heterocycles. The van der Waals surface area contributed by atoms with Crippen LogP contribution in [0.2, 0.25) is 0 Å². The van der Waals surface area contributed by atoms with Gasteiger partial charge >= 0.3 is 0 Å². The van der Waals surface area contributed by atoms with Gasteiger partial charge in [-0.2, -0.15) is 0 Å². The normalized spacial score (nSPS) is 13.2. The van der Waals surface area contributed by atoms with Gasteiger partial charge in [0.25, 0.3) is 0 Å². The monoisotopic (exact) mass is 815 g/mol. The van der Waals surface area contributed by atoms with Crippen molar-refractivity contribution in [2.45, 2.75) is 5.41 Å². The zero-order valence-corrected chi connectivity index (χ0v) is 35.0. The second kappa shape index (κ2) is 13.1. The summed E-state index contributed by atoms with van der Waals surface area (Å²) >= 11 is 1.89. The molecule has 1 nitrogen and oxygen atoms in total. The summed E-state index contributed by atoms with van der Waals surface area (Å²) < 4.78 is 2.64. The topological polar surface area (TPSA) is 3.24 Å². The highest BCUT2D eigenvalue weighted by atomic mass is 32.1. The van der Waals surface area contributed by atoms with Crippen molar-refractivity contribution in [3.05, 3.63) is 247 Å². The van der Waals surface area contributed by atoms with Gasteiger partial charge in [0, 0.05) is 37.1 Å². The molecule has 1 spiro atoms. The molecule has 0 amide bonds. The van der Waals surface area contributed by atoms with Crippen molar-refractivity contribution in [2.24, 2.45) is 0 Å². The summed E-state index contributed by atoms with van der Waals surface area (Å²) in [6.07, 6.45) is 0. The summed E-state index contributed by atoms with van der Waals surface area (Å²) in [4.78, 5) is 2.54. The summed E-state index contributed by atoms with van der Waals surface area (Å²) in [5.41, 5.74) is 16.0. The highest BCUT2D eigenvalue weighted by molar-refractivity contribution is 7.26. The molecule has 2 heteroatoms. The predicted molar refractivity (Wildman–Crippen MR) is 268 cm³/mol. The Morgan fingerprint density at radius 3 is 1.52 bits per heavy atom. The molecule has 0 atom stereocenters. The first kappa shape index (κ1) is 34.9. The van der Waals surface area contributed by atoms with E-state index in [0.717, 1.165) is 11.4 Å². The molecule has 2 aliphatic rings. The number of thiophene rings is 1. The van der Waals surface area contributed by atoms with Gasteiger partial charge in [-0.15, -0.1) is 11.3 Å². The lowest BCUT2D eigenvalue weighted by Gasteiger charge is -2.32. The van der Waals surface area contributed by atoms with Crippen LogP contribution in [0.4, 0.5) is 17.1 Å². The number of rotatable bonds is 4. The first-order valence-electron chi connectivity index (χ1n) is 21.8. The minimum absolute atomic E-state index is 0.446. The number of anilines is 3. The first-order chi connectivity index (χ1) is 31.3. The summed E-state index contributed by atoms with van der Waals surface area (Å²) in [5, 5.41) is 10.2. The second-order valence-corrected chi connectivity index (χ2v) is 18.1. The Morgan fingerprint density at radius 2 is 0.810 bits per heavy atom. The Hall–Kier alpha value is -7.78. The van der Waals surface area contributed by atoms with E-state index in [0.29, 0.717) is 0 Å². The van der Waals surface area contributed by atoms with E-state index in [4.69, 9.17) is 0 Å². The minimum Gasteiger partial charge on any atom is -0.310 e. The van der Waals surface area contributed by atoms with Crippen molar-refractivity contribution in [3.8, 4) is 33.4 Å². The van der Waals surface area contributed by atoms with E-state index in [-0.39, 0.29) is 0 Å². The van der Waals surface area contributed by atoms with Crippen LogP contribution in [0.5, 0.6) is 0 Å². The van der Waals surface area contributed by atoms with Crippen molar-refractivity contribution in [3.63, 3.8) is 0 Å². The predicted octanol–water partition coefficient (Wildman–Crippen LogP) is 17.0. The van der Waals surface area contributed by atoms with E-state index in [1.165, 1.54) is 114 Å². The van der Waals surface area contributed by atoms with Gasteiger partial charge in [0.1, 0.15) is 0 Å². The number of fused-ring (bicyclic) bond motifs is 19.